The summed E-state index contributed by atoms with van der Waals surface area (Å²) in [5, 5.41) is 34.2. The van der Waals surface area contributed by atoms with Gasteiger partial charge in [0.1, 0.15) is 12.2 Å². The molecule has 5 fully saturated rings. The third-order valence-corrected chi connectivity index (χ3v) is 23.5. The van der Waals surface area contributed by atoms with E-state index in [1.807, 2.05) is 12.3 Å². The molecule has 3 N–H and O–H groups in total. The topological polar surface area (TPSA) is 159 Å². The summed E-state index contributed by atoms with van der Waals surface area (Å²) in [6.07, 6.45) is 30.9. The van der Waals surface area contributed by atoms with Gasteiger partial charge < -0.3 is 44.8 Å². The SMILES string of the molecule is C1=NCCN2C[C@@H]3CCC[C@@H]3c3cccc1c32.C1=NCCN2C[C@@H]3CCC[C@@H]3c3cccc1c32.C1=NCCN2C[C@@H]3CCC[C@@H]3c3cccc1c32.C1=NCCN2C[C@@H]3CCC[C@@H]3c3cccc1c32.CO.CO.CO.[O-][N+]12CCN=Cc3cccc(c31)[C@H]1CCC[C@H]1C2. The Labute approximate surface area is 548 Å². The highest BCUT2D eigenvalue weighted by Gasteiger charge is 2.45. The van der Waals surface area contributed by atoms with Crippen molar-refractivity contribution in [2.75, 3.05) is 139 Å². The van der Waals surface area contributed by atoms with Crippen LogP contribution >= 0.6 is 0 Å². The van der Waals surface area contributed by atoms with Gasteiger partial charge in [-0.2, -0.15) is 0 Å². The Morgan fingerprint density at radius 2 is 0.609 bits per heavy atom. The molecule has 488 valence electrons. The Hall–Kier alpha value is -6.55. The highest BCUT2D eigenvalue weighted by atomic mass is 16.5. The van der Waals surface area contributed by atoms with Crippen LogP contribution in [0.3, 0.4) is 0 Å². The number of fused-ring (bicyclic) bond motifs is 10. The number of anilines is 4. The summed E-state index contributed by atoms with van der Waals surface area (Å²) in [4.78, 5) is 32.8. The van der Waals surface area contributed by atoms with Gasteiger partial charge in [-0.15, -0.1) is 0 Å². The molecule has 0 amide bonds. The molecular formula is C78H102N10O4. The number of aliphatic imine (C=N–C) groups is 5. The van der Waals surface area contributed by atoms with Crippen LogP contribution in [0.15, 0.2) is 116 Å². The van der Waals surface area contributed by atoms with E-state index in [4.69, 9.17) is 15.3 Å². The quantitative estimate of drug-likeness (QED) is 0.102. The molecule has 5 saturated carbocycles. The summed E-state index contributed by atoms with van der Waals surface area (Å²) >= 11 is 0. The molecule has 0 saturated heterocycles. The first-order chi connectivity index (χ1) is 45.5. The fourth-order valence-corrected chi connectivity index (χ4v) is 19.9. The Morgan fingerprint density at radius 3 is 0.946 bits per heavy atom. The summed E-state index contributed by atoms with van der Waals surface area (Å²) in [7, 11) is 3.00. The second-order valence-corrected chi connectivity index (χ2v) is 28.2. The average molecular weight is 1240 g/mol. The van der Waals surface area contributed by atoms with Gasteiger partial charge in [-0.05, 0) is 146 Å². The number of hydrogen-bond donors (Lipinski definition) is 3. The van der Waals surface area contributed by atoms with Crippen molar-refractivity contribution in [1.82, 2.24) is 4.65 Å². The first-order valence-corrected chi connectivity index (χ1v) is 35.6. The maximum Gasteiger partial charge on any atom is 0.145 e. The standard InChI is InChI=1S/C15H18N2O.4C15H18N2.3CH4O/c18-17-8-7-16-9-11-3-1-6-14(15(11)17)13-5-2-4-12(13)10-17;4*1-3-11-9-16-7-8-17-10-12-4-2-5-13(12)14(6-1)15(11)17;3*1-2/h1,3,6,9,12-13H,2,4-5,7-8,10H2;4*1,3,6,9,12-13H,2,4-5,7-8,10H2;3*2H,1H3/t12-,13-,17?;4*12-,13-;;;/m00000.../s1. The van der Waals surface area contributed by atoms with E-state index < -0.39 is 0 Å². The Bertz CT molecular complexity index is 3150. The number of rotatable bonds is 0. The molecule has 5 aliphatic carbocycles. The second kappa shape index (κ2) is 29.4. The second-order valence-electron chi connectivity index (χ2n) is 28.2. The number of hydroxylamine groups is 2. The van der Waals surface area contributed by atoms with E-state index in [2.05, 4.69) is 154 Å². The normalized spacial score (nSPS) is 29.4. The maximum atomic E-state index is 13.2. The minimum Gasteiger partial charge on any atom is -0.627 e. The Kier molecular flexibility index (Phi) is 20.5. The van der Waals surface area contributed by atoms with Crippen LogP contribution in [0.1, 0.15) is 182 Å². The molecule has 14 nitrogen and oxygen atoms in total. The van der Waals surface area contributed by atoms with Gasteiger partial charge in [0.25, 0.3) is 0 Å². The van der Waals surface area contributed by atoms with Crippen LogP contribution in [0.25, 0.3) is 0 Å². The average Bonchev–Trinajstić information content (AvgIpc) is 1.36. The summed E-state index contributed by atoms with van der Waals surface area (Å²) in [5.74, 6) is 8.13. The van der Waals surface area contributed by atoms with Crippen LogP contribution in [0.4, 0.5) is 28.4 Å². The number of quaternary nitrogens is 1. The van der Waals surface area contributed by atoms with Crippen LogP contribution < -0.4 is 24.2 Å². The Balaban J connectivity index is 0.000000103. The monoisotopic (exact) mass is 1240 g/mol. The molecule has 10 heterocycles. The predicted octanol–water partition coefficient (Wildman–Crippen LogP) is 12.9. The minimum atomic E-state index is -0.132. The molecule has 11 atom stereocenters. The van der Waals surface area contributed by atoms with Crippen LogP contribution in [0.5, 0.6) is 0 Å². The summed E-state index contributed by atoms with van der Waals surface area (Å²) in [6.45, 7) is 15.3. The number of hydrogen-bond acceptors (Lipinski definition) is 13. The number of aliphatic hydroxyl groups excluding tert-OH is 3. The van der Waals surface area contributed by atoms with Gasteiger partial charge in [0.2, 0.25) is 0 Å². The van der Waals surface area contributed by atoms with Gasteiger partial charge in [-0.25, -0.2) is 0 Å². The molecule has 20 rings (SSSR count). The Morgan fingerprint density at radius 1 is 0.337 bits per heavy atom. The molecule has 92 heavy (non-hydrogen) atoms. The highest BCUT2D eigenvalue weighted by Crippen LogP contribution is 2.54. The molecule has 5 aromatic carbocycles. The zero-order valence-corrected chi connectivity index (χ0v) is 55.3. The number of para-hydroxylation sites is 5. The number of benzene rings is 5. The molecule has 1 unspecified atom stereocenters. The molecule has 0 spiro atoms. The van der Waals surface area contributed by atoms with E-state index in [9.17, 15) is 5.21 Å². The van der Waals surface area contributed by atoms with Crippen molar-refractivity contribution in [3.05, 3.63) is 152 Å². The number of aliphatic hydroxyl groups is 3. The van der Waals surface area contributed by atoms with Gasteiger partial charge in [-0.1, -0.05) is 117 Å². The third-order valence-electron chi connectivity index (χ3n) is 23.5. The molecule has 0 bridgehead atoms. The number of nitrogens with zero attached hydrogens (tertiary/aromatic N) is 10. The van der Waals surface area contributed by atoms with Crippen LogP contribution in [-0.4, -0.2) is 166 Å². The van der Waals surface area contributed by atoms with Crippen LogP contribution in [0, 0.1) is 34.8 Å². The van der Waals surface area contributed by atoms with Gasteiger partial charge in [-0.3, -0.25) is 25.0 Å². The fraction of sp³-hybridized carbons (Fsp3) is 0.551. The first kappa shape index (κ1) is 64.2. The lowest BCUT2D eigenvalue weighted by atomic mass is 9.82. The molecule has 10 aliphatic heterocycles. The summed E-state index contributed by atoms with van der Waals surface area (Å²) in [5.41, 5.74) is 21.2. The zero-order valence-electron chi connectivity index (χ0n) is 55.3. The van der Waals surface area contributed by atoms with Crippen molar-refractivity contribution in [2.45, 2.75) is 126 Å². The van der Waals surface area contributed by atoms with Crippen molar-refractivity contribution in [3.8, 4) is 0 Å². The third kappa shape index (κ3) is 12.6. The van der Waals surface area contributed by atoms with Crippen molar-refractivity contribution >= 4 is 59.5 Å². The van der Waals surface area contributed by atoms with E-state index in [-0.39, 0.29) is 4.65 Å². The molecule has 0 radical (unpaired) electrons. The van der Waals surface area contributed by atoms with E-state index in [0.29, 0.717) is 24.9 Å². The van der Waals surface area contributed by atoms with Crippen molar-refractivity contribution in [2.24, 2.45) is 54.6 Å². The molecule has 5 aromatic rings. The largest absolute Gasteiger partial charge is 0.627 e. The molecule has 0 aromatic heterocycles. The lowest BCUT2D eigenvalue weighted by Crippen LogP contribution is -2.52. The van der Waals surface area contributed by atoms with E-state index in [1.165, 1.54) is 173 Å². The van der Waals surface area contributed by atoms with Crippen molar-refractivity contribution in [1.29, 1.82) is 0 Å². The smallest absolute Gasteiger partial charge is 0.145 e. The minimum absolute atomic E-state index is 0.132. The lowest BCUT2D eigenvalue weighted by molar-refractivity contribution is 0.273. The van der Waals surface area contributed by atoms with Crippen molar-refractivity contribution < 1.29 is 15.3 Å². The van der Waals surface area contributed by atoms with E-state index >= 15 is 0 Å². The van der Waals surface area contributed by atoms with Gasteiger partial charge in [0.15, 0.2) is 0 Å². The predicted molar refractivity (Wildman–Crippen MR) is 383 cm³/mol. The van der Waals surface area contributed by atoms with Gasteiger partial charge in [0.05, 0.1) is 44.8 Å². The maximum absolute atomic E-state index is 13.2. The zero-order chi connectivity index (χ0) is 63.1. The first-order valence-electron chi connectivity index (χ1n) is 35.6. The van der Waals surface area contributed by atoms with Crippen LogP contribution in [-0.2, 0) is 0 Å². The highest BCUT2D eigenvalue weighted by molar-refractivity contribution is 5.94. The van der Waals surface area contributed by atoms with Gasteiger partial charge >= 0.3 is 0 Å². The summed E-state index contributed by atoms with van der Waals surface area (Å²) in [6, 6.07) is 33.5. The van der Waals surface area contributed by atoms with Gasteiger partial charge in [0, 0.05) is 161 Å². The molecule has 15 aliphatic rings. The molecular weight excluding hydrogens is 1140 g/mol. The fourth-order valence-electron chi connectivity index (χ4n) is 19.9. The van der Waals surface area contributed by atoms with E-state index in [0.717, 1.165) is 139 Å². The van der Waals surface area contributed by atoms with E-state index in [1.54, 1.807) is 22.3 Å². The summed E-state index contributed by atoms with van der Waals surface area (Å²) < 4.78 is -0.132. The van der Waals surface area contributed by atoms with Crippen LogP contribution in [0.2, 0.25) is 0 Å². The van der Waals surface area contributed by atoms with Crippen molar-refractivity contribution in [3.63, 3.8) is 0 Å². The lowest BCUT2D eigenvalue weighted by Gasteiger charge is -2.49. The molecule has 14 heteroatoms.